The quantitative estimate of drug-likeness (QED) is 0.701. The van der Waals surface area contributed by atoms with Crippen molar-refractivity contribution >= 4 is 15.9 Å². The number of hydrogen-bond acceptors (Lipinski definition) is 4. The van der Waals surface area contributed by atoms with Crippen molar-refractivity contribution in [3.05, 3.63) is 29.3 Å². The Morgan fingerprint density at radius 2 is 2.11 bits per heavy atom. The Labute approximate surface area is 111 Å². The molecule has 0 spiro atoms. The van der Waals surface area contributed by atoms with Crippen molar-refractivity contribution in [2.45, 2.75) is 30.2 Å². The molecule has 0 radical (unpaired) electrons. The van der Waals surface area contributed by atoms with Gasteiger partial charge in [0.15, 0.2) is 0 Å². The summed E-state index contributed by atoms with van der Waals surface area (Å²) < 4.78 is 26.8. The molecule has 0 heterocycles. The minimum absolute atomic E-state index is 0.0216. The van der Waals surface area contributed by atoms with E-state index < -0.39 is 21.5 Å². The first kappa shape index (κ1) is 14.0. The van der Waals surface area contributed by atoms with E-state index in [0.717, 1.165) is 0 Å². The van der Waals surface area contributed by atoms with Gasteiger partial charge in [-0.25, -0.2) is 13.1 Å². The molecule has 1 aliphatic carbocycles. The largest absolute Gasteiger partial charge is 0.394 e. The van der Waals surface area contributed by atoms with Gasteiger partial charge < -0.3 is 10.8 Å². The van der Waals surface area contributed by atoms with Crippen LogP contribution in [0.5, 0.6) is 0 Å². The van der Waals surface area contributed by atoms with Crippen LogP contribution >= 0.6 is 0 Å². The highest BCUT2D eigenvalue weighted by Gasteiger charge is 2.45. The molecular weight excluding hydrogens is 268 g/mol. The van der Waals surface area contributed by atoms with E-state index in [1.807, 2.05) is 0 Å². The lowest BCUT2D eigenvalue weighted by Crippen LogP contribution is -2.39. The van der Waals surface area contributed by atoms with Crippen LogP contribution in [-0.4, -0.2) is 31.6 Å². The Morgan fingerprint density at radius 3 is 2.58 bits per heavy atom. The van der Waals surface area contributed by atoms with Gasteiger partial charge in [-0.05, 0) is 37.5 Å². The van der Waals surface area contributed by atoms with Gasteiger partial charge in [-0.3, -0.25) is 4.79 Å². The zero-order chi connectivity index (χ0) is 14.3. The molecular formula is C12H16N2O4S. The Kier molecular flexibility index (Phi) is 3.38. The zero-order valence-corrected chi connectivity index (χ0v) is 11.3. The van der Waals surface area contributed by atoms with Crippen molar-refractivity contribution in [3.63, 3.8) is 0 Å². The predicted octanol–water partition coefficient (Wildman–Crippen LogP) is -0.103. The summed E-state index contributed by atoms with van der Waals surface area (Å²) >= 11 is 0. The summed E-state index contributed by atoms with van der Waals surface area (Å²) in [6.45, 7) is 1.45. The molecule has 0 bridgehead atoms. The van der Waals surface area contributed by atoms with Gasteiger partial charge in [0, 0.05) is 5.56 Å². The predicted molar refractivity (Wildman–Crippen MR) is 69.1 cm³/mol. The van der Waals surface area contributed by atoms with Gasteiger partial charge in [0.1, 0.15) is 0 Å². The average Bonchev–Trinajstić information content (AvgIpc) is 3.08. The van der Waals surface area contributed by atoms with Crippen LogP contribution in [0.1, 0.15) is 28.8 Å². The van der Waals surface area contributed by atoms with Crippen molar-refractivity contribution in [2.24, 2.45) is 5.73 Å². The molecule has 19 heavy (non-hydrogen) atoms. The van der Waals surface area contributed by atoms with Crippen LogP contribution < -0.4 is 10.5 Å². The monoisotopic (exact) mass is 284 g/mol. The Balaban J connectivity index is 2.36. The van der Waals surface area contributed by atoms with Crippen LogP contribution in [0.2, 0.25) is 0 Å². The van der Waals surface area contributed by atoms with Gasteiger partial charge in [0.05, 0.1) is 17.0 Å². The van der Waals surface area contributed by atoms with Crippen molar-refractivity contribution in [1.29, 1.82) is 0 Å². The topological polar surface area (TPSA) is 109 Å². The van der Waals surface area contributed by atoms with Crippen LogP contribution in [0.4, 0.5) is 0 Å². The smallest absolute Gasteiger partial charge is 0.249 e. The zero-order valence-electron chi connectivity index (χ0n) is 10.5. The summed E-state index contributed by atoms with van der Waals surface area (Å²) in [5, 5.41) is 9.15. The van der Waals surface area contributed by atoms with Gasteiger partial charge >= 0.3 is 0 Å². The molecule has 1 aromatic carbocycles. The third-order valence-electron chi connectivity index (χ3n) is 3.29. The standard InChI is InChI=1S/C12H16N2O4S/c1-8-2-3-9(6-10(8)11(13)16)19(17,18)14-12(7-15)4-5-12/h2-3,6,14-15H,4-5,7H2,1H3,(H2,13,16). The number of nitrogens with one attached hydrogen (secondary N) is 1. The molecule has 0 unspecified atom stereocenters. The second-order valence-corrected chi connectivity index (χ2v) is 6.57. The van der Waals surface area contributed by atoms with E-state index in [1.54, 1.807) is 6.92 Å². The molecule has 0 aliphatic heterocycles. The van der Waals surface area contributed by atoms with Gasteiger partial charge in [-0.15, -0.1) is 0 Å². The third-order valence-corrected chi connectivity index (χ3v) is 4.87. The first-order chi connectivity index (χ1) is 8.80. The molecule has 1 amide bonds. The normalized spacial score (nSPS) is 17.2. The fraction of sp³-hybridized carbons (Fsp3) is 0.417. The fourth-order valence-electron chi connectivity index (χ4n) is 1.82. The molecule has 2 rings (SSSR count). The molecule has 1 aliphatic rings. The first-order valence-electron chi connectivity index (χ1n) is 5.85. The summed E-state index contributed by atoms with van der Waals surface area (Å²) in [5.41, 5.74) is 5.26. The van der Waals surface area contributed by atoms with E-state index in [4.69, 9.17) is 10.8 Å². The molecule has 6 nitrogen and oxygen atoms in total. The number of benzene rings is 1. The summed E-state index contributed by atoms with van der Waals surface area (Å²) in [6, 6.07) is 4.21. The van der Waals surface area contributed by atoms with Crippen LogP contribution in [-0.2, 0) is 10.0 Å². The van der Waals surface area contributed by atoms with Crippen molar-refractivity contribution < 1.29 is 18.3 Å². The lowest BCUT2D eigenvalue weighted by Gasteiger charge is -2.15. The summed E-state index contributed by atoms with van der Waals surface area (Å²) in [5.74, 6) is -0.669. The van der Waals surface area contributed by atoms with Gasteiger partial charge in [-0.1, -0.05) is 6.07 Å². The molecule has 0 saturated heterocycles. The maximum Gasteiger partial charge on any atom is 0.249 e. The van der Waals surface area contributed by atoms with Crippen LogP contribution in [0.25, 0.3) is 0 Å². The van der Waals surface area contributed by atoms with Crippen molar-refractivity contribution in [3.8, 4) is 0 Å². The minimum Gasteiger partial charge on any atom is -0.394 e. The highest BCUT2D eigenvalue weighted by atomic mass is 32.2. The molecule has 104 valence electrons. The lowest BCUT2D eigenvalue weighted by molar-refractivity contribution is 0.0999. The number of rotatable bonds is 5. The summed E-state index contributed by atoms with van der Waals surface area (Å²) in [7, 11) is -3.76. The second kappa shape index (κ2) is 4.59. The maximum atomic E-state index is 12.2. The van der Waals surface area contributed by atoms with Gasteiger partial charge in [-0.2, -0.15) is 0 Å². The van der Waals surface area contributed by atoms with Crippen LogP contribution in [0, 0.1) is 6.92 Å². The number of carbonyl (C=O) groups is 1. The highest BCUT2D eigenvalue weighted by molar-refractivity contribution is 7.89. The van der Waals surface area contributed by atoms with Gasteiger partial charge in [0.2, 0.25) is 15.9 Å². The summed E-state index contributed by atoms with van der Waals surface area (Å²) in [4.78, 5) is 11.2. The number of aliphatic hydroxyl groups excluding tert-OH is 1. The van der Waals surface area contributed by atoms with E-state index in [0.29, 0.717) is 18.4 Å². The van der Waals surface area contributed by atoms with Crippen LogP contribution in [0.15, 0.2) is 23.1 Å². The Bertz CT molecular complexity index is 621. The Morgan fingerprint density at radius 1 is 1.47 bits per heavy atom. The number of hydrogen-bond donors (Lipinski definition) is 3. The van der Waals surface area contributed by atoms with Crippen molar-refractivity contribution in [2.75, 3.05) is 6.61 Å². The number of primary amides is 1. The lowest BCUT2D eigenvalue weighted by atomic mass is 10.1. The number of amides is 1. The van der Waals surface area contributed by atoms with E-state index >= 15 is 0 Å². The summed E-state index contributed by atoms with van der Waals surface area (Å²) in [6.07, 6.45) is 1.22. The SMILES string of the molecule is Cc1ccc(S(=O)(=O)NC2(CO)CC2)cc1C(N)=O. The van der Waals surface area contributed by atoms with E-state index in [-0.39, 0.29) is 17.1 Å². The number of nitrogens with two attached hydrogens (primary N) is 1. The second-order valence-electron chi connectivity index (χ2n) is 4.88. The fourth-order valence-corrected chi connectivity index (χ4v) is 3.30. The first-order valence-corrected chi connectivity index (χ1v) is 7.33. The van der Waals surface area contributed by atoms with E-state index in [9.17, 15) is 13.2 Å². The molecule has 7 heteroatoms. The molecule has 0 aromatic heterocycles. The minimum atomic E-state index is -3.76. The van der Waals surface area contributed by atoms with E-state index in [2.05, 4.69) is 4.72 Å². The Hall–Kier alpha value is -1.44. The molecule has 1 aromatic rings. The number of carbonyl (C=O) groups excluding carboxylic acids is 1. The average molecular weight is 284 g/mol. The van der Waals surface area contributed by atoms with Crippen LogP contribution in [0.3, 0.4) is 0 Å². The maximum absolute atomic E-state index is 12.2. The van der Waals surface area contributed by atoms with Crippen molar-refractivity contribution in [1.82, 2.24) is 4.72 Å². The highest BCUT2D eigenvalue weighted by Crippen LogP contribution is 2.36. The molecule has 1 saturated carbocycles. The molecule has 0 atom stereocenters. The van der Waals surface area contributed by atoms with Gasteiger partial charge in [0.25, 0.3) is 0 Å². The third kappa shape index (κ3) is 2.78. The number of aliphatic hydroxyl groups is 1. The van der Waals surface area contributed by atoms with E-state index in [1.165, 1.54) is 18.2 Å². The number of aryl methyl sites for hydroxylation is 1. The number of sulfonamides is 1. The molecule has 1 fully saturated rings. The molecule has 4 N–H and O–H groups in total.